The number of hydrogen-bond donors (Lipinski definition) is 2. The van der Waals surface area contributed by atoms with E-state index in [1.54, 1.807) is 19.1 Å². The normalized spacial score (nSPS) is 15.6. The summed E-state index contributed by atoms with van der Waals surface area (Å²) in [6.07, 6.45) is 3.38. The Labute approximate surface area is 141 Å². The van der Waals surface area contributed by atoms with Crippen LogP contribution in [-0.4, -0.2) is 24.2 Å². The van der Waals surface area contributed by atoms with Crippen LogP contribution in [0.4, 0.5) is 0 Å². The highest BCUT2D eigenvalue weighted by Gasteiger charge is 2.27. The summed E-state index contributed by atoms with van der Waals surface area (Å²) in [6, 6.07) is 9.47. The molecular weight excluding hydrogens is 306 g/mol. The Hall–Kier alpha value is -2.27. The zero-order valence-corrected chi connectivity index (χ0v) is 14.1. The maximum atomic E-state index is 12.0. The molecule has 0 fully saturated rings. The molecule has 0 saturated carbocycles. The number of aliphatic hydroxyl groups is 1. The molecule has 128 valence electrons. The minimum Gasteiger partial charge on any atom is -0.484 e. The summed E-state index contributed by atoms with van der Waals surface area (Å²) >= 11 is 0. The van der Waals surface area contributed by atoms with Crippen LogP contribution in [0.25, 0.3) is 0 Å². The first-order valence-corrected chi connectivity index (χ1v) is 8.25. The predicted molar refractivity (Wildman–Crippen MR) is 90.0 cm³/mol. The number of nitrogens with one attached hydrogen (secondary N) is 1. The molecule has 1 heterocycles. The lowest BCUT2D eigenvalue weighted by molar-refractivity contribution is -0.124. The van der Waals surface area contributed by atoms with Gasteiger partial charge in [-0.2, -0.15) is 0 Å². The fraction of sp³-hybridized carbons (Fsp3) is 0.421. The first-order valence-electron chi connectivity index (χ1n) is 8.25. The Morgan fingerprint density at radius 3 is 2.83 bits per heavy atom. The molecule has 3 rings (SSSR count). The van der Waals surface area contributed by atoms with Crippen LogP contribution in [0.5, 0.6) is 5.75 Å². The lowest BCUT2D eigenvalue weighted by Gasteiger charge is -2.21. The van der Waals surface area contributed by atoms with Crippen molar-refractivity contribution in [2.75, 3.05) is 13.2 Å². The summed E-state index contributed by atoms with van der Waals surface area (Å²) in [5, 5.41) is 13.1. The van der Waals surface area contributed by atoms with Crippen molar-refractivity contribution < 1.29 is 19.1 Å². The molecule has 1 aromatic carbocycles. The third kappa shape index (κ3) is 3.79. The first-order chi connectivity index (χ1) is 11.4. The van der Waals surface area contributed by atoms with E-state index in [1.807, 2.05) is 19.1 Å². The van der Waals surface area contributed by atoms with Gasteiger partial charge in [-0.15, -0.1) is 0 Å². The Morgan fingerprint density at radius 2 is 2.08 bits per heavy atom. The lowest BCUT2D eigenvalue weighted by Crippen LogP contribution is -2.40. The van der Waals surface area contributed by atoms with Crippen LogP contribution in [0.15, 0.2) is 34.7 Å². The Kier molecular flexibility index (Phi) is 4.62. The van der Waals surface area contributed by atoms with Gasteiger partial charge in [-0.05, 0) is 68.5 Å². The SMILES string of the molecule is Cc1ccc(C(C)(O)CNC(=O)COc2ccc3c(c2)CCC3)o1. The van der Waals surface area contributed by atoms with Crippen molar-refractivity contribution in [1.82, 2.24) is 5.32 Å². The van der Waals surface area contributed by atoms with Gasteiger partial charge < -0.3 is 19.6 Å². The molecular formula is C19H23NO4. The highest BCUT2D eigenvalue weighted by Crippen LogP contribution is 2.26. The quantitative estimate of drug-likeness (QED) is 0.854. The molecule has 5 heteroatoms. The van der Waals surface area contributed by atoms with E-state index in [-0.39, 0.29) is 19.1 Å². The highest BCUT2D eigenvalue weighted by atomic mass is 16.5. The largest absolute Gasteiger partial charge is 0.484 e. The monoisotopic (exact) mass is 329 g/mol. The molecule has 0 spiro atoms. The number of carbonyl (C=O) groups excluding carboxylic acids is 1. The van der Waals surface area contributed by atoms with Crippen molar-refractivity contribution in [3.63, 3.8) is 0 Å². The van der Waals surface area contributed by atoms with Gasteiger partial charge in [-0.3, -0.25) is 4.79 Å². The summed E-state index contributed by atoms with van der Waals surface area (Å²) in [7, 11) is 0. The molecule has 1 atom stereocenters. The number of hydrogen-bond acceptors (Lipinski definition) is 4. The van der Waals surface area contributed by atoms with E-state index in [0.717, 1.165) is 18.6 Å². The van der Waals surface area contributed by atoms with Crippen LogP contribution >= 0.6 is 0 Å². The van der Waals surface area contributed by atoms with Crippen molar-refractivity contribution >= 4 is 5.91 Å². The molecule has 1 aliphatic rings. The first kappa shape index (κ1) is 16.6. The lowest BCUT2D eigenvalue weighted by atomic mass is 10.0. The maximum Gasteiger partial charge on any atom is 0.258 e. The second kappa shape index (κ2) is 6.69. The Balaban J connectivity index is 1.49. The molecule has 0 bridgehead atoms. The van der Waals surface area contributed by atoms with Gasteiger partial charge >= 0.3 is 0 Å². The van der Waals surface area contributed by atoms with Crippen LogP contribution in [0.3, 0.4) is 0 Å². The van der Waals surface area contributed by atoms with Crippen LogP contribution in [0, 0.1) is 6.92 Å². The number of amides is 1. The summed E-state index contributed by atoms with van der Waals surface area (Å²) in [6.45, 7) is 3.40. The van der Waals surface area contributed by atoms with Gasteiger partial charge in [0, 0.05) is 0 Å². The van der Waals surface area contributed by atoms with Crippen LogP contribution in [-0.2, 0) is 23.2 Å². The smallest absolute Gasteiger partial charge is 0.258 e. The average molecular weight is 329 g/mol. The summed E-state index contributed by atoms with van der Waals surface area (Å²) < 4.78 is 11.0. The van der Waals surface area contributed by atoms with Crippen molar-refractivity contribution in [1.29, 1.82) is 0 Å². The minimum atomic E-state index is -1.25. The van der Waals surface area contributed by atoms with E-state index in [9.17, 15) is 9.90 Å². The summed E-state index contributed by atoms with van der Waals surface area (Å²) in [5.41, 5.74) is 1.43. The Morgan fingerprint density at radius 1 is 1.29 bits per heavy atom. The maximum absolute atomic E-state index is 12.0. The number of fused-ring (bicyclic) bond motifs is 1. The van der Waals surface area contributed by atoms with E-state index in [4.69, 9.17) is 9.15 Å². The van der Waals surface area contributed by atoms with E-state index in [1.165, 1.54) is 17.5 Å². The molecule has 2 N–H and O–H groups in total. The van der Waals surface area contributed by atoms with Gasteiger partial charge in [0.05, 0.1) is 6.54 Å². The molecule has 24 heavy (non-hydrogen) atoms. The summed E-state index contributed by atoms with van der Waals surface area (Å²) in [5.74, 6) is 1.58. The zero-order valence-electron chi connectivity index (χ0n) is 14.1. The highest BCUT2D eigenvalue weighted by molar-refractivity contribution is 5.77. The summed E-state index contributed by atoms with van der Waals surface area (Å²) in [4.78, 5) is 12.0. The van der Waals surface area contributed by atoms with Gasteiger partial charge in [-0.1, -0.05) is 6.07 Å². The number of carbonyl (C=O) groups is 1. The number of ether oxygens (including phenoxy) is 1. The third-order valence-corrected chi connectivity index (χ3v) is 4.34. The molecule has 1 aromatic heterocycles. The van der Waals surface area contributed by atoms with Gasteiger partial charge in [0.2, 0.25) is 0 Å². The van der Waals surface area contributed by atoms with Crippen molar-refractivity contribution in [2.45, 2.75) is 38.7 Å². The van der Waals surface area contributed by atoms with Crippen LogP contribution in [0.1, 0.15) is 36.0 Å². The zero-order chi connectivity index (χ0) is 17.2. The predicted octanol–water partition coefficient (Wildman–Crippen LogP) is 2.48. The second-order valence-electron chi connectivity index (χ2n) is 6.53. The fourth-order valence-corrected chi connectivity index (χ4v) is 2.92. The number of rotatable bonds is 6. The molecule has 1 aliphatic carbocycles. The molecule has 2 aromatic rings. The van der Waals surface area contributed by atoms with E-state index >= 15 is 0 Å². The molecule has 1 unspecified atom stereocenters. The standard InChI is InChI=1S/C19H23NO4/c1-13-6-9-17(24-13)19(2,22)12-20-18(21)11-23-16-8-7-14-4-3-5-15(14)10-16/h6-10,22H,3-5,11-12H2,1-2H3,(H,20,21). The van der Waals surface area contributed by atoms with Crippen LogP contribution < -0.4 is 10.1 Å². The number of aryl methyl sites for hydroxylation is 3. The second-order valence-corrected chi connectivity index (χ2v) is 6.53. The molecule has 0 saturated heterocycles. The Bertz CT molecular complexity index is 733. The third-order valence-electron chi connectivity index (χ3n) is 4.34. The van der Waals surface area contributed by atoms with Gasteiger partial charge in [-0.25, -0.2) is 0 Å². The number of benzene rings is 1. The van der Waals surface area contributed by atoms with E-state index in [0.29, 0.717) is 11.5 Å². The molecule has 5 nitrogen and oxygen atoms in total. The number of furan rings is 1. The van der Waals surface area contributed by atoms with Crippen LogP contribution in [0.2, 0.25) is 0 Å². The topological polar surface area (TPSA) is 71.7 Å². The van der Waals surface area contributed by atoms with Crippen molar-refractivity contribution in [2.24, 2.45) is 0 Å². The molecule has 0 aliphatic heterocycles. The minimum absolute atomic E-state index is 0.0618. The fourth-order valence-electron chi connectivity index (χ4n) is 2.92. The van der Waals surface area contributed by atoms with Gasteiger partial charge in [0.1, 0.15) is 22.9 Å². The van der Waals surface area contributed by atoms with Crippen molar-refractivity contribution in [3.05, 3.63) is 53.0 Å². The van der Waals surface area contributed by atoms with E-state index in [2.05, 4.69) is 11.4 Å². The van der Waals surface area contributed by atoms with E-state index < -0.39 is 5.60 Å². The average Bonchev–Trinajstić information content (AvgIpc) is 3.19. The van der Waals surface area contributed by atoms with Crippen molar-refractivity contribution in [3.8, 4) is 5.75 Å². The van der Waals surface area contributed by atoms with Gasteiger partial charge in [0.15, 0.2) is 6.61 Å². The molecule has 0 radical (unpaired) electrons. The van der Waals surface area contributed by atoms with Gasteiger partial charge in [0.25, 0.3) is 5.91 Å². The molecule has 1 amide bonds.